The van der Waals surface area contributed by atoms with Crippen molar-refractivity contribution >= 4 is 52.4 Å². The minimum Gasteiger partial charge on any atom is -0.339 e. The average Bonchev–Trinajstić information content (AvgIpc) is 3.12. The fourth-order valence-corrected chi connectivity index (χ4v) is 4.01. The fraction of sp³-hybridized carbons (Fsp3) is 0.0909. The van der Waals surface area contributed by atoms with E-state index in [1.54, 1.807) is 24.2 Å². The molecule has 2 heterocycles. The quantitative estimate of drug-likeness (QED) is 0.258. The molecule has 0 aliphatic carbocycles. The van der Waals surface area contributed by atoms with Gasteiger partial charge in [-0.1, -0.05) is 47.8 Å². The van der Waals surface area contributed by atoms with Gasteiger partial charge in [0.1, 0.15) is 5.65 Å². The number of carbonyl (C=O) groups excluding carboxylic acids is 1. The Labute approximate surface area is 178 Å². The highest BCUT2D eigenvalue weighted by Crippen LogP contribution is 2.41. The van der Waals surface area contributed by atoms with Crippen molar-refractivity contribution in [1.82, 2.24) is 9.97 Å². The Kier molecular flexibility index (Phi) is 5.47. The van der Waals surface area contributed by atoms with Crippen LogP contribution in [0.15, 0.2) is 54.7 Å². The number of nitrogens with one attached hydrogen (secondary N) is 3. The van der Waals surface area contributed by atoms with E-state index in [1.165, 1.54) is 0 Å². The standard InChI is InChI=1S/C22H19ClN4OS/c1-13-3-4-15(11-18(13)25-12-28)19-20-17(23)9-10-24-22(20)26-21(19)14-5-7-16(8-6-14)27-29-2/h3-12,27H,1-2H3,(H,24,26)(H,25,28). The maximum atomic E-state index is 11.0. The second-order valence-electron chi connectivity index (χ2n) is 6.57. The number of nitrogens with zero attached hydrogens (tertiary/aromatic N) is 1. The van der Waals surface area contributed by atoms with E-state index in [1.807, 2.05) is 43.5 Å². The summed E-state index contributed by atoms with van der Waals surface area (Å²) in [7, 11) is 0. The van der Waals surface area contributed by atoms with Gasteiger partial charge >= 0.3 is 0 Å². The van der Waals surface area contributed by atoms with Gasteiger partial charge in [0.25, 0.3) is 0 Å². The molecule has 0 bridgehead atoms. The Morgan fingerprint density at radius 1 is 1.10 bits per heavy atom. The molecule has 1 amide bonds. The number of benzene rings is 2. The van der Waals surface area contributed by atoms with Crippen molar-refractivity contribution in [3.63, 3.8) is 0 Å². The molecule has 3 N–H and O–H groups in total. The predicted molar refractivity (Wildman–Crippen MR) is 124 cm³/mol. The highest BCUT2D eigenvalue weighted by molar-refractivity contribution is 7.99. The molecule has 0 radical (unpaired) electrons. The van der Waals surface area contributed by atoms with Crippen molar-refractivity contribution < 1.29 is 4.79 Å². The lowest BCUT2D eigenvalue weighted by Crippen LogP contribution is -1.96. The number of halogens is 1. The first-order valence-electron chi connectivity index (χ1n) is 8.99. The molecule has 0 spiro atoms. The molecule has 7 heteroatoms. The van der Waals surface area contributed by atoms with Crippen LogP contribution < -0.4 is 10.0 Å². The first kappa shape index (κ1) is 19.4. The highest BCUT2D eigenvalue weighted by Gasteiger charge is 2.19. The number of aryl methyl sites for hydroxylation is 1. The number of fused-ring (bicyclic) bond motifs is 1. The molecule has 0 fully saturated rings. The predicted octanol–water partition coefficient (Wildman–Crippen LogP) is 6.12. The summed E-state index contributed by atoms with van der Waals surface area (Å²) in [5.74, 6) is 0. The minimum absolute atomic E-state index is 0.624. The molecular weight excluding hydrogens is 404 g/mol. The van der Waals surface area contributed by atoms with Crippen molar-refractivity contribution in [3.8, 4) is 22.4 Å². The lowest BCUT2D eigenvalue weighted by molar-refractivity contribution is -0.105. The highest BCUT2D eigenvalue weighted by atomic mass is 35.5. The van der Waals surface area contributed by atoms with E-state index in [2.05, 4.69) is 32.1 Å². The van der Waals surface area contributed by atoms with E-state index < -0.39 is 0 Å². The van der Waals surface area contributed by atoms with E-state index in [-0.39, 0.29) is 0 Å². The van der Waals surface area contributed by atoms with Crippen molar-refractivity contribution in [1.29, 1.82) is 0 Å². The second kappa shape index (κ2) is 8.19. The van der Waals surface area contributed by atoms with Crippen LogP contribution in [0.4, 0.5) is 11.4 Å². The Morgan fingerprint density at radius 3 is 2.59 bits per heavy atom. The van der Waals surface area contributed by atoms with Crippen LogP contribution in [0.2, 0.25) is 5.02 Å². The van der Waals surface area contributed by atoms with Gasteiger partial charge in [0.15, 0.2) is 0 Å². The van der Waals surface area contributed by atoms with Gasteiger partial charge in [0.05, 0.1) is 10.7 Å². The van der Waals surface area contributed by atoms with Crippen LogP contribution in [0.1, 0.15) is 5.56 Å². The molecule has 0 saturated heterocycles. The number of pyridine rings is 1. The summed E-state index contributed by atoms with van der Waals surface area (Å²) in [6.45, 7) is 1.96. The molecule has 0 unspecified atom stereocenters. The first-order chi connectivity index (χ1) is 14.1. The maximum Gasteiger partial charge on any atom is 0.211 e. The molecule has 0 atom stereocenters. The molecule has 0 saturated carbocycles. The summed E-state index contributed by atoms with van der Waals surface area (Å²) in [6, 6.07) is 15.9. The fourth-order valence-electron chi connectivity index (χ4n) is 3.40. The van der Waals surface area contributed by atoms with Crippen molar-refractivity contribution in [2.45, 2.75) is 6.92 Å². The summed E-state index contributed by atoms with van der Waals surface area (Å²) < 4.78 is 3.23. The Hall–Kier alpha value is -2.96. The molecular formula is C22H19ClN4OS. The number of amides is 1. The van der Waals surface area contributed by atoms with Crippen LogP contribution >= 0.6 is 23.5 Å². The summed E-state index contributed by atoms with van der Waals surface area (Å²) in [6.07, 6.45) is 4.36. The zero-order valence-electron chi connectivity index (χ0n) is 15.9. The third kappa shape index (κ3) is 3.69. The molecule has 5 nitrogen and oxygen atoms in total. The molecule has 2 aromatic carbocycles. The van der Waals surface area contributed by atoms with Crippen molar-refractivity contribution in [2.75, 3.05) is 16.3 Å². The molecule has 0 aliphatic heterocycles. The topological polar surface area (TPSA) is 69.8 Å². The van der Waals surface area contributed by atoms with E-state index in [0.29, 0.717) is 11.4 Å². The smallest absolute Gasteiger partial charge is 0.211 e. The van der Waals surface area contributed by atoms with E-state index in [0.717, 1.165) is 50.4 Å². The number of hydrogen-bond donors (Lipinski definition) is 3. The van der Waals surface area contributed by atoms with Crippen LogP contribution in [-0.4, -0.2) is 22.6 Å². The van der Waals surface area contributed by atoms with Crippen LogP contribution in [-0.2, 0) is 4.79 Å². The minimum atomic E-state index is 0.624. The molecule has 146 valence electrons. The molecule has 29 heavy (non-hydrogen) atoms. The first-order valence-corrected chi connectivity index (χ1v) is 10.6. The lowest BCUT2D eigenvalue weighted by atomic mass is 9.97. The van der Waals surface area contributed by atoms with E-state index in [9.17, 15) is 4.79 Å². The number of rotatable bonds is 6. The van der Waals surface area contributed by atoms with Gasteiger partial charge in [-0.25, -0.2) is 4.98 Å². The third-order valence-electron chi connectivity index (χ3n) is 4.78. The number of aromatic nitrogens is 2. The lowest BCUT2D eigenvalue weighted by Gasteiger charge is -2.11. The maximum absolute atomic E-state index is 11.0. The van der Waals surface area contributed by atoms with Crippen LogP contribution in [0.5, 0.6) is 0 Å². The SMILES string of the molecule is CSNc1ccc(-c2[nH]c3nccc(Cl)c3c2-c2ccc(C)c(NC=O)c2)cc1. The monoisotopic (exact) mass is 422 g/mol. The van der Waals surface area contributed by atoms with Gasteiger partial charge < -0.3 is 15.0 Å². The summed E-state index contributed by atoms with van der Waals surface area (Å²) in [4.78, 5) is 18.9. The molecule has 0 aliphatic rings. The summed E-state index contributed by atoms with van der Waals surface area (Å²) in [5.41, 5.74) is 7.35. The van der Waals surface area contributed by atoms with Gasteiger partial charge in [0.2, 0.25) is 6.41 Å². The largest absolute Gasteiger partial charge is 0.339 e. The number of anilines is 2. The number of H-pyrrole nitrogens is 1. The van der Waals surface area contributed by atoms with Crippen LogP contribution in [0.25, 0.3) is 33.4 Å². The average molecular weight is 423 g/mol. The Bertz CT molecular complexity index is 1190. The van der Waals surface area contributed by atoms with Crippen LogP contribution in [0, 0.1) is 6.92 Å². The Balaban J connectivity index is 1.96. The second-order valence-corrected chi connectivity index (χ2v) is 7.59. The van der Waals surface area contributed by atoms with Crippen molar-refractivity contribution in [2.24, 2.45) is 0 Å². The third-order valence-corrected chi connectivity index (χ3v) is 5.53. The molecule has 4 rings (SSSR count). The number of carbonyl (C=O) groups is 1. The molecule has 4 aromatic rings. The number of hydrogen-bond acceptors (Lipinski definition) is 4. The Morgan fingerprint density at radius 2 is 1.86 bits per heavy atom. The van der Waals surface area contributed by atoms with Crippen LogP contribution in [0.3, 0.4) is 0 Å². The van der Waals surface area contributed by atoms with E-state index in [4.69, 9.17) is 11.6 Å². The number of aromatic amines is 1. The van der Waals surface area contributed by atoms with Gasteiger partial charge in [-0.3, -0.25) is 4.79 Å². The zero-order chi connectivity index (χ0) is 20.4. The van der Waals surface area contributed by atoms with E-state index >= 15 is 0 Å². The van der Waals surface area contributed by atoms with Gasteiger partial charge in [-0.2, -0.15) is 0 Å². The zero-order valence-corrected chi connectivity index (χ0v) is 17.5. The molecule has 2 aromatic heterocycles. The van der Waals surface area contributed by atoms with Gasteiger partial charge in [-0.15, -0.1) is 0 Å². The summed E-state index contributed by atoms with van der Waals surface area (Å²) >= 11 is 8.12. The normalized spacial score (nSPS) is 10.9. The summed E-state index contributed by atoms with van der Waals surface area (Å²) in [5, 5.41) is 4.25. The van der Waals surface area contributed by atoms with Crippen molar-refractivity contribution in [3.05, 3.63) is 65.3 Å². The van der Waals surface area contributed by atoms with Gasteiger partial charge in [0, 0.05) is 34.8 Å². The van der Waals surface area contributed by atoms with Gasteiger partial charge in [-0.05, 0) is 47.9 Å².